The van der Waals surface area contributed by atoms with Gasteiger partial charge >= 0.3 is 6.09 Å². The van der Waals surface area contributed by atoms with E-state index in [1.54, 1.807) is 18.2 Å². The van der Waals surface area contributed by atoms with Crippen LogP contribution >= 0.6 is 11.6 Å². The number of piperidine rings is 1. The van der Waals surface area contributed by atoms with Gasteiger partial charge < -0.3 is 9.64 Å². The van der Waals surface area contributed by atoms with E-state index in [-0.39, 0.29) is 12.0 Å². The summed E-state index contributed by atoms with van der Waals surface area (Å²) in [5.74, 6) is 1.41. The number of likely N-dealkylation sites (tertiary alicyclic amines) is 1. The Kier molecular flexibility index (Phi) is 6.10. The second kappa shape index (κ2) is 8.73. The fourth-order valence-electron chi connectivity index (χ4n) is 5.03. The molecule has 152 valence electrons. The zero-order valence-corrected chi connectivity index (χ0v) is 17.0. The molecular formula is C22H29ClN2O3. The Bertz CT molecular complexity index is 732. The summed E-state index contributed by atoms with van der Waals surface area (Å²) in [6.07, 6.45) is 9.88. The van der Waals surface area contributed by atoms with Crippen molar-refractivity contribution in [3.63, 3.8) is 0 Å². The number of amides is 2. The Balaban J connectivity index is 1.37. The number of carbonyl (C=O) groups excluding carboxylic acids is 2. The standard InChI is InChI=1S/C22H29ClN2O3/c23-20-13-17(24-22(27)28-18-7-3-4-8-18)9-10-19(20)21(26)25-12-11-15-5-1-2-6-16(15)14-25/h9-10,13,15-16,18H,1-8,11-12,14H2,(H,24,27)/t15-,16+/m1/s1. The predicted molar refractivity (Wildman–Crippen MR) is 110 cm³/mol. The summed E-state index contributed by atoms with van der Waals surface area (Å²) in [5, 5.41) is 3.09. The van der Waals surface area contributed by atoms with Gasteiger partial charge in [0.25, 0.3) is 5.91 Å². The molecule has 4 rings (SSSR count). The monoisotopic (exact) mass is 404 g/mol. The number of fused-ring (bicyclic) bond motifs is 1. The third-order valence-corrected chi connectivity index (χ3v) is 6.91. The molecule has 1 heterocycles. The van der Waals surface area contributed by atoms with Crippen LogP contribution in [0.4, 0.5) is 10.5 Å². The van der Waals surface area contributed by atoms with Gasteiger partial charge in [-0.3, -0.25) is 10.1 Å². The maximum absolute atomic E-state index is 13.0. The van der Waals surface area contributed by atoms with Crippen molar-refractivity contribution in [1.29, 1.82) is 0 Å². The molecule has 2 aliphatic carbocycles. The molecule has 0 spiro atoms. The van der Waals surface area contributed by atoms with Crippen LogP contribution in [0.5, 0.6) is 0 Å². The van der Waals surface area contributed by atoms with Crippen molar-refractivity contribution in [2.24, 2.45) is 11.8 Å². The van der Waals surface area contributed by atoms with Crippen LogP contribution < -0.4 is 5.32 Å². The largest absolute Gasteiger partial charge is 0.446 e. The van der Waals surface area contributed by atoms with Crippen molar-refractivity contribution in [3.8, 4) is 0 Å². The van der Waals surface area contributed by atoms with E-state index in [1.807, 2.05) is 4.90 Å². The Morgan fingerprint density at radius 1 is 1.00 bits per heavy atom. The minimum absolute atomic E-state index is 0.00546. The van der Waals surface area contributed by atoms with E-state index in [0.29, 0.717) is 22.2 Å². The summed E-state index contributed by atoms with van der Waals surface area (Å²) >= 11 is 6.40. The minimum atomic E-state index is -0.457. The van der Waals surface area contributed by atoms with Crippen LogP contribution in [0.2, 0.25) is 5.02 Å². The quantitative estimate of drug-likeness (QED) is 0.725. The van der Waals surface area contributed by atoms with E-state index in [1.165, 1.54) is 25.7 Å². The van der Waals surface area contributed by atoms with Crippen LogP contribution in [0.3, 0.4) is 0 Å². The van der Waals surface area contributed by atoms with Crippen LogP contribution in [-0.2, 0) is 4.74 Å². The van der Waals surface area contributed by atoms with Gasteiger partial charge in [0.15, 0.2) is 0 Å². The van der Waals surface area contributed by atoms with Crippen LogP contribution in [-0.4, -0.2) is 36.1 Å². The van der Waals surface area contributed by atoms with Gasteiger partial charge in [-0.1, -0.05) is 30.9 Å². The average Bonchev–Trinajstić information content (AvgIpc) is 3.20. The molecular weight excluding hydrogens is 376 g/mol. The lowest BCUT2D eigenvalue weighted by atomic mass is 9.75. The molecule has 3 fully saturated rings. The number of carbonyl (C=O) groups is 2. The highest BCUT2D eigenvalue weighted by Gasteiger charge is 2.33. The molecule has 1 aliphatic heterocycles. The summed E-state index contributed by atoms with van der Waals surface area (Å²) in [7, 11) is 0. The first kappa shape index (κ1) is 19.6. The number of nitrogens with one attached hydrogen (secondary N) is 1. The molecule has 2 amide bonds. The van der Waals surface area contributed by atoms with Crippen molar-refractivity contribution in [2.45, 2.75) is 63.9 Å². The summed E-state index contributed by atoms with van der Waals surface area (Å²) in [4.78, 5) is 27.0. The summed E-state index contributed by atoms with van der Waals surface area (Å²) in [6, 6.07) is 5.07. The molecule has 5 nitrogen and oxygen atoms in total. The number of rotatable bonds is 3. The van der Waals surface area contributed by atoms with Crippen LogP contribution in [0.1, 0.15) is 68.1 Å². The van der Waals surface area contributed by atoms with Gasteiger partial charge in [0.1, 0.15) is 6.10 Å². The van der Waals surface area contributed by atoms with Crippen LogP contribution in [0, 0.1) is 11.8 Å². The third kappa shape index (κ3) is 4.45. The van der Waals surface area contributed by atoms with E-state index >= 15 is 0 Å². The molecule has 0 bridgehead atoms. The highest BCUT2D eigenvalue weighted by Crippen LogP contribution is 2.37. The highest BCUT2D eigenvalue weighted by atomic mass is 35.5. The van der Waals surface area contributed by atoms with Crippen LogP contribution in [0.15, 0.2) is 18.2 Å². The topological polar surface area (TPSA) is 58.6 Å². The first-order valence-corrected chi connectivity index (χ1v) is 11.0. The molecule has 1 aromatic carbocycles. The second-order valence-electron chi connectivity index (χ2n) is 8.48. The number of nitrogens with zero attached hydrogens (tertiary/aromatic N) is 1. The van der Waals surface area contributed by atoms with Gasteiger partial charge in [-0.2, -0.15) is 0 Å². The first-order chi connectivity index (χ1) is 13.6. The molecule has 0 aromatic heterocycles. The van der Waals surface area contributed by atoms with E-state index in [4.69, 9.17) is 16.3 Å². The zero-order chi connectivity index (χ0) is 19.5. The van der Waals surface area contributed by atoms with Crippen LogP contribution in [0.25, 0.3) is 0 Å². The SMILES string of the molecule is O=C(Nc1ccc(C(=O)N2CC[C@H]3CCCC[C@H]3C2)c(Cl)c1)OC1CCCC1. The number of hydrogen-bond acceptors (Lipinski definition) is 3. The third-order valence-electron chi connectivity index (χ3n) is 6.60. The lowest BCUT2D eigenvalue weighted by molar-refractivity contribution is 0.0521. The van der Waals surface area contributed by atoms with Gasteiger partial charge in [-0.15, -0.1) is 0 Å². The predicted octanol–water partition coefficient (Wildman–Crippen LogP) is 5.48. The number of ether oxygens (including phenoxy) is 1. The molecule has 28 heavy (non-hydrogen) atoms. The molecule has 3 aliphatic rings. The van der Waals surface area contributed by atoms with Crippen molar-refractivity contribution in [3.05, 3.63) is 28.8 Å². The fraction of sp³-hybridized carbons (Fsp3) is 0.636. The molecule has 0 unspecified atom stereocenters. The summed E-state index contributed by atoms with van der Waals surface area (Å²) in [5.41, 5.74) is 1.06. The first-order valence-electron chi connectivity index (χ1n) is 10.7. The Morgan fingerprint density at radius 2 is 1.71 bits per heavy atom. The van der Waals surface area contributed by atoms with Gasteiger partial charge in [0.2, 0.25) is 0 Å². The molecule has 0 radical (unpaired) electrons. The lowest BCUT2D eigenvalue weighted by Gasteiger charge is -2.41. The lowest BCUT2D eigenvalue weighted by Crippen LogP contribution is -2.44. The Hall–Kier alpha value is -1.75. The Morgan fingerprint density at radius 3 is 2.46 bits per heavy atom. The molecule has 2 atom stereocenters. The van der Waals surface area contributed by atoms with Gasteiger partial charge in [0, 0.05) is 18.8 Å². The number of halogens is 1. The maximum Gasteiger partial charge on any atom is 0.411 e. The van der Waals surface area contributed by atoms with E-state index in [9.17, 15) is 9.59 Å². The van der Waals surface area contributed by atoms with Gasteiger partial charge in [-0.25, -0.2) is 4.79 Å². The number of anilines is 1. The summed E-state index contributed by atoms with van der Waals surface area (Å²) in [6.45, 7) is 1.65. The van der Waals surface area contributed by atoms with E-state index in [0.717, 1.165) is 51.1 Å². The normalized spacial score (nSPS) is 25.2. The van der Waals surface area contributed by atoms with E-state index < -0.39 is 6.09 Å². The van der Waals surface area contributed by atoms with Gasteiger partial charge in [0.05, 0.1) is 10.6 Å². The molecule has 1 aromatic rings. The zero-order valence-electron chi connectivity index (χ0n) is 16.3. The smallest absolute Gasteiger partial charge is 0.411 e. The average molecular weight is 405 g/mol. The molecule has 6 heteroatoms. The van der Waals surface area contributed by atoms with Crippen molar-refractivity contribution in [1.82, 2.24) is 4.90 Å². The number of benzene rings is 1. The Labute approximate surface area is 171 Å². The van der Waals surface area contributed by atoms with Crippen molar-refractivity contribution in [2.75, 3.05) is 18.4 Å². The fourth-order valence-corrected chi connectivity index (χ4v) is 5.29. The number of hydrogen-bond donors (Lipinski definition) is 1. The molecule has 1 saturated heterocycles. The second-order valence-corrected chi connectivity index (χ2v) is 8.88. The minimum Gasteiger partial charge on any atom is -0.446 e. The van der Waals surface area contributed by atoms with Crippen molar-refractivity contribution < 1.29 is 14.3 Å². The maximum atomic E-state index is 13.0. The van der Waals surface area contributed by atoms with E-state index in [2.05, 4.69) is 5.32 Å². The molecule has 1 N–H and O–H groups in total. The molecule has 2 saturated carbocycles. The highest BCUT2D eigenvalue weighted by molar-refractivity contribution is 6.34. The summed E-state index contributed by atoms with van der Waals surface area (Å²) < 4.78 is 5.41. The van der Waals surface area contributed by atoms with Crippen molar-refractivity contribution >= 4 is 29.3 Å². The van der Waals surface area contributed by atoms with Gasteiger partial charge in [-0.05, 0) is 68.6 Å².